The zero-order valence-corrected chi connectivity index (χ0v) is 30.2. The van der Waals surface area contributed by atoms with Gasteiger partial charge in [-0.15, -0.1) is 0 Å². The highest BCUT2D eigenvalue weighted by atomic mass is 16.4. The molecule has 1 aliphatic heterocycles. The van der Waals surface area contributed by atoms with Crippen LogP contribution in [0.1, 0.15) is 60.3 Å². The van der Waals surface area contributed by atoms with Gasteiger partial charge in [-0.2, -0.15) is 0 Å². The first-order valence-electron chi connectivity index (χ1n) is 16.9. The van der Waals surface area contributed by atoms with Crippen molar-refractivity contribution < 1.29 is 68.7 Å². The Kier molecular flexibility index (Phi) is 18.8. The van der Waals surface area contributed by atoms with E-state index in [-0.39, 0.29) is 18.9 Å². The molecule has 1 heterocycles. The van der Waals surface area contributed by atoms with E-state index in [1.807, 2.05) is 12.2 Å². The normalized spacial score (nSPS) is 19.0. The molecular formula is C31H52N8O14. The van der Waals surface area contributed by atoms with Gasteiger partial charge in [-0.1, -0.05) is 20.3 Å². The fourth-order valence-electron chi connectivity index (χ4n) is 5.05. The lowest BCUT2D eigenvalue weighted by atomic mass is 9.98. The van der Waals surface area contributed by atoms with Crippen LogP contribution < -0.4 is 37.6 Å². The molecule has 0 bridgehead atoms. The van der Waals surface area contributed by atoms with Gasteiger partial charge in [-0.25, -0.2) is 4.79 Å². The van der Waals surface area contributed by atoms with E-state index in [2.05, 4.69) is 26.6 Å². The third-order valence-electron chi connectivity index (χ3n) is 8.54. The molecule has 0 radical (unpaired) electrons. The number of carboxylic acid groups (broad SMARTS) is 2. The second-order valence-electron chi connectivity index (χ2n) is 12.8. The molecule has 1 fully saturated rings. The summed E-state index contributed by atoms with van der Waals surface area (Å²) in [5.74, 6) is -9.86. The van der Waals surface area contributed by atoms with Crippen LogP contribution in [0.3, 0.4) is 0 Å². The maximum absolute atomic E-state index is 13.0. The lowest BCUT2D eigenvalue weighted by molar-refractivity contribution is -0.147. The van der Waals surface area contributed by atoms with E-state index in [1.54, 1.807) is 6.92 Å². The molecule has 10 unspecified atom stereocenters. The summed E-state index contributed by atoms with van der Waals surface area (Å²) < 4.78 is 0. The fraction of sp³-hybridized carbons (Fsp3) is 0.710. The number of carbonyl (C=O) groups excluding carboxylic acids is 7. The molecule has 0 aromatic carbocycles. The van der Waals surface area contributed by atoms with Crippen LogP contribution in [0.25, 0.3) is 0 Å². The van der Waals surface area contributed by atoms with Gasteiger partial charge in [-0.05, 0) is 39.5 Å². The van der Waals surface area contributed by atoms with Gasteiger partial charge in [-0.3, -0.25) is 38.4 Å². The van der Waals surface area contributed by atoms with E-state index < -0.39 is 127 Å². The van der Waals surface area contributed by atoms with Gasteiger partial charge in [0.2, 0.25) is 41.4 Å². The number of aliphatic hydroxyl groups is 3. The van der Waals surface area contributed by atoms with Crippen molar-refractivity contribution in [3.63, 3.8) is 0 Å². The Morgan fingerprint density at radius 3 is 1.79 bits per heavy atom. The summed E-state index contributed by atoms with van der Waals surface area (Å²) in [5, 5.41) is 61.3. The Hall–Kier alpha value is -4.93. The third kappa shape index (κ3) is 14.2. The van der Waals surface area contributed by atoms with E-state index in [0.717, 1.165) is 4.90 Å². The number of rotatable bonds is 21. The molecule has 0 aliphatic carbocycles. The Bertz CT molecular complexity index is 1360. The average Bonchev–Trinajstić information content (AvgIpc) is 3.59. The fourth-order valence-corrected chi connectivity index (χ4v) is 5.05. The summed E-state index contributed by atoms with van der Waals surface area (Å²) in [7, 11) is 0. The summed E-state index contributed by atoms with van der Waals surface area (Å²) in [4.78, 5) is 113. The summed E-state index contributed by atoms with van der Waals surface area (Å²) in [5.41, 5.74) is 5.90. The number of nitrogens with zero attached hydrogens (tertiary/aromatic N) is 1. The highest BCUT2D eigenvalue weighted by Crippen LogP contribution is 2.18. The molecule has 1 aliphatic rings. The lowest BCUT2D eigenvalue weighted by Crippen LogP contribution is -2.62. The molecule has 1 saturated heterocycles. The van der Waals surface area contributed by atoms with E-state index >= 15 is 0 Å². The van der Waals surface area contributed by atoms with E-state index in [4.69, 9.17) is 15.9 Å². The highest BCUT2D eigenvalue weighted by molar-refractivity contribution is 5.97. The number of carboxylic acids is 2. The maximum atomic E-state index is 13.0. The molecule has 1 rings (SSSR count). The topological polar surface area (TPSA) is 356 Å². The molecule has 22 nitrogen and oxygen atoms in total. The third-order valence-corrected chi connectivity index (χ3v) is 8.54. The van der Waals surface area contributed by atoms with Gasteiger partial charge in [0.15, 0.2) is 0 Å². The van der Waals surface area contributed by atoms with E-state index in [0.29, 0.717) is 12.8 Å². The minimum Gasteiger partial charge on any atom is -0.481 e. The number of carbonyl (C=O) groups is 9. The van der Waals surface area contributed by atoms with Crippen LogP contribution in [0, 0.1) is 5.92 Å². The molecule has 13 N–H and O–H groups in total. The molecule has 300 valence electrons. The second-order valence-corrected chi connectivity index (χ2v) is 12.8. The van der Waals surface area contributed by atoms with Gasteiger partial charge in [0, 0.05) is 6.54 Å². The van der Waals surface area contributed by atoms with Crippen LogP contribution in [0.4, 0.5) is 0 Å². The van der Waals surface area contributed by atoms with Crippen molar-refractivity contribution in [1.29, 1.82) is 0 Å². The molecule has 10 atom stereocenters. The Labute approximate surface area is 305 Å². The van der Waals surface area contributed by atoms with Crippen LogP contribution in [-0.2, 0) is 43.2 Å². The number of hydrogen-bond acceptors (Lipinski definition) is 13. The summed E-state index contributed by atoms with van der Waals surface area (Å²) in [6.45, 7) is 5.61. The Balaban J connectivity index is 2.83. The molecule has 0 aromatic heterocycles. The largest absolute Gasteiger partial charge is 0.481 e. The zero-order valence-electron chi connectivity index (χ0n) is 30.2. The molecular weight excluding hydrogens is 708 g/mol. The Morgan fingerprint density at radius 2 is 1.30 bits per heavy atom. The van der Waals surface area contributed by atoms with Crippen LogP contribution >= 0.6 is 0 Å². The van der Waals surface area contributed by atoms with E-state index in [9.17, 15) is 58.5 Å². The van der Waals surface area contributed by atoms with Crippen molar-refractivity contribution in [2.75, 3.05) is 19.7 Å². The number of aliphatic carboxylic acids is 2. The van der Waals surface area contributed by atoms with Crippen LogP contribution in [0.15, 0.2) is 0 Å². The second kappa shape index (κ2) is 21.6. The first-order valence-corrected chi connectivity index (χ1v) is 16.9. The SMILES string of the molecule is CCC(C)C(N)C(=O)NC(C(=O)NC(C(=O)NC(C)C(=O)NCC(=O)N1CCCC1C(=O)NC(CO)C(=O)NC(CC(=O)O)C(=O)O)C(C)O)C(C)O. The predicted octanol–water partition coefficient (Wildman–Crippen LogP) is -5.78. The van der Waals surface area contributed by atoms with Gasteiger partial charge >= 0.3 is 11.9 Å². The van der Waals surface area contributed by atoms with E-state index in [1.165, 1.54) is 20.8 Å². The summed E-state index contributed by atoms with van der Waals surface area (Å²) in [6, 6.07) is -10.2. The van der Waals surface area contributed by atoms with Crippen molar-refractivity contribution in [3.8, 4) is 0 Å². The van der Waals surface area contributed by atoms with Gasteiger partial charge in [0.05, 0.1) is 37.8 Å². The zero-order chi connectivity index (χ0) is 40.7. The smallest absolute Gasteiger partial charge is 0.326 e. The van der Waals surface area contributed by atoms with Crippen LogP contribution in [0.2, 0.25) is 0 Å². The van der Waals surface area contributed by atoms with Crippen LogP contribution in [-0.4, -0.2) is 158 Å². The monoisotopic (exact) mass is 760 g/mol. The van der Waals surface area contributed by atoms with Crippen LogP contribution in [0.5, 0.6) is 0 Å². The Morgan fingerprint density at radius 1 is 0.755 bits per heavy atom. The van der Waals surface area contributed by atoms with Crippen molar-refractivity contribution in [2.24, 2.45) is 11.7 Å². The van der Waals surface area contributed by atoms with Gasteiger partial charge in [0.1, 0.15) is 36.3 Å². The maximum Gasteiger partial charge on any atom is 0.326 e. The highest BCUT2D eigenvalue weighted by Gasteiger charge is 2.38. The number of likely N-dealkylation sites (tertiary alicyclic amines) is 1. The standard InChI is InChI=1S/C31H52N8O14/c1-6-13(2)22(32)28(49)37-24(16(5)42)30(51)38-23(15(4)41)29(50)34-14(3)25(46)33-11-20(43)39-9-7-8-19(39)27(48)36-18(12-40)26(47)35-17(31(52)53)10-21(44)45/h13-19,22-24,40-42H,6-12,32H2,1-5H3,(H,33,46)(H,34,50)(H,35,47)(H,36,48)(H,37,49)(H,38,51)(H,44,45)(H,52,53). The quantitative estimate of drug-likeness (QED) is 0.0519. The molecule has 22 heteroatoms. The van der Waals surface area contributed by atoms with Gasteiger partial charge < -0.3 is 68.1 Å². The summed E-state index contributed by atoms with van der Waals surface area (Å²) in [6.07, 6.45) is -2.87. The average molecular weight is 761 g/mol. The molecule has 0 saturated carbocycles. The molecule has 0 aromatic rings. The molecule has 0 spiro atoms. The first-order chi connectivity index (χ1) is 24.7. The molecule has 7 amide bonds. The number of amides is 7. The van der Waals surface area contributed by atoms with Crippen molar-refractivity contribution in [1.82, 2.24) is 36.8 Å². The number of nitrogens with two attached hydrogens (primary N) is 1. The van der Waals surface area contributed by atoms with Crippen molar-refractivity contribution in [3.05, 3.63) is 0 Å². The number of aliphatic hydroxyl groups excluding tert-OH is 3. The lowest BCUT2D eigenvalue weighted by Gasteiger charge is -2.28. The van der Waals surface area contributed by atoms with Gasteiger partial charge in [0.25, 0.3) is 0 Å². The minimum absolute atomic E-state index is 0.0714. The molecule has 53 heavy (non-hydrogen) atoms. The minimum atomic E-state index is -1.84. The van der Waals surface area contributed by atoms with Crippen molar-refractivity contribution in [2.45, 2.75) is 115 Å². The predicted molar refractivity (Wildman–Crippen MR) is 181 cm³/mol. The summed E-state index contributed by atoms with van der Waals surface area (Å²) >= 11 is 0. The number of hydrogen-bond donors (Lipinski definition) is 12. The number of nitrogens with one attached hydrogen (secondary N) is 6. The first kappa shape index (κ1) is 46.1. The van der Waals surface area contributed by atoms with Crippen molar-refractivity contribution >= 4 is 53.3 Å².